The van der Waals surface area contributed by atoms with Gasteiger partial charge in [-0.2, -0.15) is 11.8 Å². The smallest absolute Gasteiger partial charge is 0.226 e. The third-order valence-electron chi connectivity index (χ3n) is 3.97. The molecule has 3 nitrogen and oxygen atoms in total. The molecule has 2 heterocycles. The van der Waals surface area contributed by atoms with Crippen LogP contribution in [0.25, 0.3) is 0 Å². The Hall–Kier alpha value is -0.220. The molecule has 0 aromatic heterocycles. The summed E-state index contributed by atoms with van der Waals surface area (Å²) >= 11 is 1.96. The fourth-order valence-electron chi connectivity index (χ4n) is 2.84. The zero-order valence-corrected chi connectivity index (χ0v) is 11.6. The van der Waals surface area contributed by atoms with E-state index in [1.807, 2.05) is 11.8 Å². The summed E-state index contributed by atoms with van der Waals surface area (Å²) in [6, 6.07) is 0. The summed E-state index contributed by atoms with van der Waals surface area (Å²) < 4.78 is 0. The van der Waals surface area contributed by atoms with E-state index in [-0.39, 0.29) is 5.92 Å². The van der Waals surface area contributed by atoms with Gasteiger partial charge in [-0.3, -0.25) is 4.79 Å². The molecule has 2 aliphatic rings. The quantitative estimate of drug-likeness (QED) is 0.816. The highest BCUT2D eigenvalue weighted by atomic mass is 32.2. The standard InChI is InChI=1S/C13H24N2OS/c1-17-12-5-3-8-15(9-6-12)13(16)11-4-2-7-14-10-11/h11-12,14H,2-10H2,1H3. The van der Waals surface area contributed by atoms with Crippen molar-refractivity contribution in [1.82, 2.24) is 10.2 Å². The zero-order chi connectivity index (χ0) is 12.1. The maximum Gasteiger partial charge on any atom is 0.226 e. The van der Waals surface area contributed by atoms with Gasteiger partial charge in [0.1, 0.15) is 0 Å². The van der Waals surface area contributed by atoms with E-state index in [1.54, 1.807) is 0 Å². The van der Waals surface area contributed by atoms with Crippen LogP contribution in [0.15, 0.2) is 0 Å². The van der Waals surface area contributed by atoms with Crippen LogP contribution < -0.4 is 5.32 Å². The lowest BCUT2D eigenvalue weighted by Crippen LogP contribution is -2.43. The molecule has 17 heavy (non-hydrogen) atoms. The molecule has 4 heteroatoms. The molecule has 98 valence electrons. The van der Waals surface area contributed by atoms with Crippen LogP contribution in [0.3, 0.4) is 0 Å². The molecule has 2 unspecified atom stereocenters. The number of piperidine rings is 1. The van der Waals surface area contributed by atoms with Crippen LogP contribution in [-0.4, -0.2) is 48.5 Å². The summed E-state index contributed by atoms with van der Waals surface area (Å²) in [6.07, 6.45) is 8.04. The molecule has 0 radical (unpaired) electrons. The molecule has 0 aromatic rings. The number of rotatable bonds is 2. The Morgan fingerprint density at radius 3 is 2.82 bits per heavy atom. The third-order valence-corrected chi connectivity index (χ3v) is 5.10. The molecular formula is C13H24N2OS. The van der Waals surface area contributed by atoms with Crippen molar-refractivity contribution < 1.29 is 4.79 Å². The average Bonchev–Trinajstić information content (AvgIpc) is 2.64. The van der Waals surface area contributed by atoms with Crippen molar-refractivity contribution >= 4 is 17.7 Å². The molecule has 0 aliphatic carbocycles. The molecule has 1 N–H and O–H groups in total. The zero-order valence-electron chi connectivity index (χ0n) is 10.8. The molecular weight excluding hydrogens is 232 g/mol. The Balaban J connectivity index is 1.85. The second kappa shape index (κ2) is 6.64. The van der Waals surface area contributed by atoms with E-state index in [9.17, 15) is 4.79 Å². The minimum atomic E-state index is 0.245. The molecule has 2 rings (SSSR count). The van der Waals surface area contributed by atoms with Gasteiger partial charge < -0.3 is 10.2 Å². The van der Waals surface area contributed by atoms with Gasteiger partial charge in [-0.25, -0.2) is 0 Å². The monoisotopic (exact) mass is 256 g/mol. The van der Waals surface area contributed by atoms with Crippen molar-refractivity contribution in [3.05, 3.63) is 0 Å². The Bertz CT molecular complexity index is 254. The van der Waals surface area contributed by atoms with Crippen LogP contribution in [0.1, 0.15) is 32.1 Å². The predicted molar refractivity (Wildman–Crippen MR) is 73.3 cm³/mol. The molecule has 2 aliphatic heterocycles. The second-order valence-corrected chi connectivity index (χ2v) is 6.30. The van der Waals surface area contributed by atoms with Crippen molar-refractivity contribution in [2.45, 2.75) is 37.4 Å². The highest BCUT2D eigenvalue weighted by molar-refractivity contribution is 7.99. The highest BCUT2D eigenvalue weighted by Crippen LogP contribution is 2.23. The van der Waals surface area contributed by atoms with Crippen LogP contribution in [0, 0.1) is 5.92 Å². The van der Waals surface area contributed by atoms with E-state index < -0.39 is 0 Å². The first kappa shape index (κ1) is 13.2. The number of hydrogen-bond acceptors (Lipinski definition) is 3. The molecule has 2 saturated heterocycles. The van der Waals surface area contributed by atoms with Crippen molar-refractivity contribution in [3.8, 4) is 0 Å². The Morgan fingerprint density at radius 2 is 2.12 bits per heavy atom. The number of thioether (sulfide) groups is 1. The summed E-state index contributed by atoms with van der Waals surface area (Å²) in [4.78, 5) is 14.5. The van der Waals surface area contributed by atoms with Gasteiger partial charge in [0.2, 0.25) is 5.91 Å². The second-order valence-electron chi connectivity index (χ2n) is 5.16. The average molecular weight is 256 g/mol. The van der Waals surface area contributed by atoms with E-state index >= 15 is 0 Å². The summed E-state index contributed by atoms with van der Waals surface area (Å²) in [7, 11) is 0. The van der Waals surface area contributed by atoms with Gasteiger partial charge in [0.05, 0.1) is 5.92 Å². The number of amides is 1. The van der Waals surface area contributed by atoms with Gasteiger partial charge in [0.25, 0.3) is 0 Å². The summed E-state index contributed by atoms with van der Waals surface area (Å²) in [6.45, 7) is 3.92. The molecule has 2 fully saturated rings. The SMILES string of the molecule is CSC1CCCN(C(=O)C2CCCNC2)CC1. The van der Waals surface area contributed by atoms with Crippen LogP contribution in [0.4, 0.5) is 0 Å². The maximum absolute atomic E-state index is 12.4. The first-order chi connectivity index (χ1) is 8.31. The van der Waals surface area contributed by atoms with E-state index in [4.69, 9.17) is 0 Å². The lowest BCUT2D eigenvalue weighted by Gasteiger charge is -2.28. The molecule has 0 saturated carbocycles. The Morgan fingerprint density at radius 1 is 1.24 bits per heavy atom. The largest absolute Gasteiger partial charge is 0.342 e. The summed E-state index contributed by atoms with van der Waals surface area (Å²) in [5, 5.41) is 4.10. The van der Waals surface area contributed by atoms with Gasteiger partial charge in [0.15, 0.2) is 0 Å². The van der Waals surface area contributed by atoms with Crippen LogP contribution in [-0.2, 0) is 4.79 Å². The van der Waals surface area contributed by atoms with E-state index in [0.717, 1.165) is 44.3 Å². The van der Waals surface area contributed by atoms with Gasteiger partial charge in [-0.05, 0) is 44.9 Å². The van der Waals surface area contributed by atoms with Crippen LogP contribution in [0.5, 0.6) is 0 Å². The highest BCUT2D eigenvalue weighted by Gasteiger charge is 2.27. The van der Waals surface area contributed by atoms with Crippen molar-refractivity contribution in [2.24, 2.45) is 5.92 Å². The summed E-state index contributed by atoms with van der Waals surface area (Å²) in [5.74, 6) is 0.647. The van der Waals surface area contributed by atoms with Crippen LogP contribution >= 0.6 is 11.8 Å². The van der Waals surface area contributed by atoms with E-state index in [0.29, 0.717) is 5.91 Å². The number of hydrogen-bond donors (Lipinski definition) is 1. The van der Waals surface area contributed by atoms with Gasteiger partial charge in [-0.15, -0.1) is 0 Å². The first-order valence-corrected chi connectivity index (χ1v) is 8.12. The van der Waals surface area contributed by atoms with Crippen molar-refractivity contribution in [1.29, 1.82) is 0 Å². The molecule has 2 atom stereocenters. The van der Waals surface area contributed by atoms with Crippen molar-refractivity contribution in [3.63, 3.8) is 0 Å². The van der Waals surface area contributed by atoms with Gasteiger partial charge >= 0.3 is 0 Å². The fraction of sp³-hybridized carbons (Fsp3) is 0.923. The number of nitrogens with one attached hydrogen (secondary N) is 1. The first-order valence-electron chi connectivity index (χ1n) is 6.83. The topological polar surface area (TPSA) is 32.3 Å². The molecule has 0 aromatic carbocycles. The fourth-order valence-corrected chi connectivity index (χ4v) is 3.59. The minimum absolute atomic E-state index is 0.245. The van der Waals surface area contributed by atoms with Crippen LogP contribution in [0.2, 0.25) is 0 Å². The lowest BCUT2D eigenvalue weighted by molar-refractivity contribution is -0.136. The number of carbonyl (C=O) groups excluding carboxylic acids is 1. The van der Waals surface area contributed by atoms with E-state index in [2.05, 4.69) is 16.5 Å². The van der Waals surface area contributed by atoms with Gasteiger partial charge in [0, 0.05) is 24.9 Å². The predicted octanol–water partition coefficient (Wildman–Crippen LogP) is 1.73. The number of likely N-dealkylation sites (tertiary alicyclic amines) is 1. The lowest BCUT2D eigenvalue weighted by atomic mass is 9.98. The third kappa shape index (κ3) is 3.62. The summed E-state index contributed by atoms with van der Waals surface area (Å²) in [5.41, 5.74) is 0. The van der Waals surface area contributed by atoms with Gasteiger partial charge in [-0.1, -0.05) is 0 Å². The van der Waals surface area contributed by atoms with E-state index in [1.165, 1.54) is 19.3 Å². The molecule has 1 amide bonds. The minimum Gasteiger partial charge on any atom is -0.342 e. The Labute approximate surface area is 109 Å². The Kier molecular flexibility index (Phi) is 5.16. The molecule has 0 bridgehead atoms. The number of carbonyl (C=O) groups is 1. The van der Waals surface area contributed by atoms with Crippen molar-refractivity contribution in [2.75, 3.05) is 32.4 Å². The maximum atomic E-state index is 12.4. The number of nitrogens with zero attached hydrogens (tertiary/aromatic N) is 1. The molecule has 0 spiro atoms. The normalized spacial score (nSPS) is 31.0.